The molecule has 0 saturated carbocycles. The van der Waals surface area contributed by atoms with E-state index in [0.717, 1.165) is 0 Å². The Labute approximate surface area is 164 Å². The molecule has 0 spiro atoms. The highest BCUT2D eigenvalue weighted by atomic mass is 16.4. The van der Waals surface area contributed by atoms with Crippen molar-refractivity contribution in [2.75, 3.05) is 19.6 Å². The molecule has 0 aliphatic rings. The SMILES string of the molecule is CCC(C)[C@H](CC(=O)CNC(=O)CN)C(=O)N[C@@H](CCCNC(N)=O)C(=O)O. The largest absolute Gasteiger partial charge is 0.480 e. The number of urea groups is 1. The maximum absolute atomic E-state index is 12.6. The lowest BCUT2D eigenvalue weighted by atomic mass is 9.86. The smallest absolute Gasteiger partial charge is 0.326 e. The van der Waals surface area contributed by atoms with Crippen LogP contribution in [0.2, 0.25) is 0 Å². The number of carboxylic acid groups (broad SMARTS) is 1. The maximum Gasteiger partial charge on any atom is 0.326 e. The van der Waals surface area contributed by atoms with E-state index >= 15 is 0 Å². The van der Waals surface area contributed by atoms with Gasteiger partial charge in [0.25, 0.3) is 0 Å². The predicted molar refractivity (Wildman–Crippen MR) is 101 cm³/mol. The quantitative estimate of drug-likeness (QED) is 0.195. The predicted octanol–water partition coefficient (Wildman–Crippen LogP) is -1.30. The molecule has 28 heavy (non-hydrogen) atoms. The van der Waals surface area contributed by atoms with Crippen molar-refractivity contribution in [1.29, 1.82) is 0 Å². The van der Waals surface area contributed by atoms with Crippen LogP contribution in [0, 0.1) is 11.8 Å². The van der Waals surface area contributed by atoms with Gasteiger partial charge in [0.05, 0.1) is 13.1 Å². The molecule has 1 unspecified atom stereocenters. The molecule has 11 heteroatoms. The van der Waals surface area contributed by atoms with Gasteiger partial charge in [0.15, 0.2) is 5.78 Å². The molecule has 0 rings (SSSR count). The number of nitrogens with two attached hydrogens (primary N) is 2. The fourth-order valence-electron chi connectivity index (χ4n) is 2.48. The molecule has 0 aliphatic carbocycles. The number of nitrogens with one attached hydrogen (secondary N) is 3. The molecule has 4 amide bonds. The number of primary amides is 1. The molecule has 8 N–H and O–H groups in total. The van der Waals surface area contributed by atoms with Crippen molar-refractivity contribution >= 4 is 29.6 Å². The van der Waals surface area contributed by atoms with Gasteiger partial charge in [0.1, 0.15) is 6.04 Å². The van der Waals surface area contributed by atoms with E-state index in [9.17, 15) is 29.1 Å². The van der Waals surface area contributed by atoms with Crippen LogP contribution in [0.15, 0.2) is 0 Å². The summed E-state index contributed by atoms with van der Waals surface area (Å²) in [5.74, 6) is -3.47. The van der Waals surface area contributed by atoms with Gasteiger partial charge in [-0.3, -0.25) is 14.4 Å². The third kappa shape index (κ3) is 10.5. The van der Waals surface area contributed by atoms with Crippen LogP contribution in [-0.2, 0) is 19.2 Å². The van der Waals surface area contributed by atoms with Crippen LogP contribution in [-0.4, -0.2) is 60.4 Å². The Balaban J connectivity index is 4.86. The number of carbonyl (C=O) groups is 5. The van der Waals surface area contributed by atoms with Crippen LogP contribution in [0.3, 0.4) is 0 Å². The maximum atomic E-state index is 12.6. The standard InChI is InChI=1S/C17H31N5O6/c1-3-10(2)12(7-11(23)9-21-14(24)8-18)15(25)22-13(16(26)27)5-4-6-20-17(19)28/h10,12-13H,3-9,18H2,1-2H3,(H,21,24)(H,22,25)(H,26,27)(H3,19,20,28)/t10?,12-,13-/m0/s1. The molecule has 0 fully saturated rings. The number of ketones is 1. The summed E-state index contributed by atoms with van der Waals surface area (Å²) in [6.07, 6.45) is 0.884. The number of aliphatic carboxylic acids is 1. The molecule has 0 aromatic heterocycles. The first-order valence-corrected chi connectivity index (χ1v) is 9.17. The van der Waals surface area contributed by atoms with Gasteiger partial charge >= 0.3 is 12.0 Å². The van der Waals surface area contributed by atoms with E-state index in [1.807, 2.05) is 6.92 Å². The summed E-state index contributed by atoms with van der Waals surface area (Å²) in [7, 11) is 0. The highest BCUT2D eigenvalue weighted by Crippen LogP contribution is 2.20. The van der Waals surface area contributed by atoms with Crippen LogP contribution < -0.4 is 27.4 Å². The Kier molecular flexibility index (Phi) is 12.2. The van der Waals surface area contributed by atoms with E-state index < -0.39 is 35.8 Å². The number of carbonyl (C=O) groups excluding carboxylic acids is 4. The van der Waals surface area contributed by atoms with Gasteiger partial charge in [-0.2, -0.15) is 0 Å². The van der Waals surface area contributed by atoms with Gasteiger partial charge in [-0.15, -0.1) is 0 Å². The number of amides is 4. The molecule has 0 aromatic carbocycles. The van der Waals surface area contributed by atoms with E-state index in [0.29, 0.717) is 12.8 Å². The molecular formula is C17H31N5O6. The van der Waals surface area contributed by atoms with Crippen molar-refractivity contribution in [1.82, 2.24) is 16.0 Å². The van der Waals surface area contributed by atoms with Crippen LogP contribution in [0.1, 0.15) is 39.5 Å². The van der Waals surface area contributed by atoms with Crippen molar-refractivity contribution in [2.24, 2.45) is 23.3 Å². The zero-order valence-electron chi connectivity index (χ0n) is 16.3. The van der Waals surface area contributed by atoms with Crippen molar-refractivity contribution in [3.05, 3.63) is 0 Å². The fourth-order valence-corrected chi connectivity index (χ4v) is 2.48. The van der Waals surface area contributed by atoms with Gasteiger partial charge in [-0.1, -0.05) is 20.3 Å². The number of hydrogen-bond acceptors (Lipinski definition) is 6. The molecular weight excluding hydrogens is 370 g/mol. The number of hydrogen-bond donors (Lipinski definition) is 6. The average molecular weight is 401 g/mol. The monoisotopic (exact) mass is 401 g/mol. The normalized spacial score (nSPS) is 13.7. The lowest BCUT2D eigenvalue weighted by Gasteiger charge is -2.24. The summed E-state index contributed by atoms with van der Waals surface area (Å²) in [6, 6.07) is -1.87. The summed E-state index contributed by atoms with van der Waals surface area (Å²) >= 11 is 0. The fraction of sp³-hybridized carbons (Fsp3) is 0.706. The van der Waals surface area contributed by atoms with E-state index in [2.05, 4.69) is 16.0 Å². The van der Waals surface area contributed by atoms with Gasteiger partial charge < -0.3 is 32.5 Å². The van der Waals surface area contributed by atoms with E-state index in [1.165, 1.54) is 0 Å². The highest BCUT2D eigenvalue weighted by Gasteiger charge is 2.30. The van der Waals surface area contributed by atoms with Gasteiger partial charge in [-0.05, 0) is 18.8 Å². The zero-order chi connectivity index (χ0) is 21.7. The average Bonchev–Trinajstić information content (AvgIpc) is 2.65. The second-order valence-electron chi connectivity index (χ2n) is 6.55. The molecule has 0 radical (unpaired) electrons. The Morgan fingerprint density at radius 3 is 2.25 bits per heavy atom. The Morgan fingerprint density at radius 2 is 1.75 bits per heavy atom. The third-order valence-electron chi connectivity index (χ3n) is 4.37. The van der Waals surface area contributed by atoms with Crippen LogP contribution >= 0.6 is 0 Å². The van der Waals surface area contributed by atoms with Gasteiger partial charge in [0, 0.05) is 18.9 Å². The number of rotatable bonds is 14. The minimum absolute atomic E-state index is 0.0923. The first-order chi connectivity index (χ1) is 13.1. The molecule has 11 nitrogen and oxygen atoms in total. The number of carboxylic acids is 1. The summed E-state index contributed by atoms with van der Waals surface area (Å²) in [4.78, 5) is 57.9. The van der Waals surface area contributed by atoms with E-state index in [1.54, 1.807) is 6.92 Å². The molecule has 0 heterocycles. The lowest BCUT2D eigenvalue weighted by Crippen LogP contribution is -2.46. The van der Waals surface area contributed by atoms with Gasteiger partial charge in [0.2, 0.25) is 11.8 Å². The van der Waals surface area contributed by atoms with E-state index in [4.69, 9.17) is 11.5 Å². The summed E-state index contributed by atoms with van der Waals surface area (Å²) in [6.45, 7) is 3.35. The Bertz CT molecular complexity index is 568. The van der Waals surface area contributed by atoms with Crippen LogP contribution in [0.25, 0.3) is 0 Å². The molecule has 160 valence electrons. The van der Waals surface area contributed by atoms with Crippen molar-refractivity contribution in [3.8, 4) is 0 Å². The topological polar surface area (TPSA) is 194 Å². The van der Waals surface area contributed by atoms with Crippen molar-refractivity contribution in [2.45, 2.75) is 45.6 Å². The van der Waals surface area contributed by atoms with E-state index in [-0.39, 0.29) is 44.2 Å². The molecule has 0 bridgehead atoms. The zero-order valence-corrected chi connectivity index (χ0v) is 16.3. The second-order valence-corrected chi connectivity index (χ2v) is 6.55. The molecule has 0 aliphatic heterocycles. The summed E-state index contributed by atoms with van der Waals surface area (Å²) in [5, 5.41) is 16.5. The second kappa shape index (κ2) is 13.5. The molecule has 0 saturated heterocycles. The highest BCUT2D eigenvalue weighted by molar-refractivity contribution is 5.91. The summed E-state index contributed by atoms with van der Waals surface area (Å²) < 4.78 is 0. The summed E-state index contributed by atoms with van der Waals surface area (Å²) in [5.41, 5.74) is 10.1. The van der Waals surface area contributed by atoms with Crippen LogP contribution in [0.5, 0.6) is 0 Å². The minimum atomic E-state index is -1.21. The molecule has 3 atom stereocenters. The number of Topliss-reactive ketones (excluding diaryl/α,β-unsaturated/α-hetero) is 1. The lowest BCUT2D eigenvalue weighted by molar-refractivity contribution is -0.143. The molecule has 0 aromatic rings. The van der Waals surface area contributed by atoms with Crippen molar-refractivity contribution < 1.29 is 29.1 Å². The minimum Gasteiger partial charge on any atom is -0.480 e. The Morgan fingerprint density at radius 1 is 1.11 bits per heavy atom. The van der Waals surface area contributed by atoms with Gasteiger partial charge in [-0.25, -0.2) is 9.59 Å². The third-order valence-corrected chi connectivity index (χ3v) is 4.37. The van der Waals surface area contributed by atoms with Crippen LogP contribution in [0.4, 0.5) is 4.79 Å². The first kappa shape index (κ1) is 25.3. The van der Waals surface area contributed by atoms with Crippen molar-refractivity contribution in [3.63, 3.8) is 0 Å². The Hall–Kier alpha value is -2.69. The first-order valence-electron chi connectivity index (χ1n) is 9.17.